The van der Waals surface area contributed by atoms with Gasteiger partial charge in [0, 0.05) is 19.2 Å². The summed E-state index contributed by atoms with van der Waals surface area (Å²) in [5, 5.41) is 3.67. The Kier molecular flexibility index (Phi) is 5.47. The highest BCUT2D eigenvalue weighted by atomic mass is 16.5. The summed E-state index contributed by atoms with van der Waals surface area (Å²) in [6, 6.07) is 15.9. The molecule has 0 aliphatic heterocycles. The van der Waals surface area contributed by atoms with Crippen LogP contribution in [0.2, 0.25) is 0 Å². The van der Waals surface area contributed by atoms with Crippen LogP contribution in [0.5, 0.6) is 0 Å². The van der Waals surface area contributed by atoms with E-state index in [-0.39, 0.29) is 0 Å². The molecule has 3 rings (SSSR count). The molecule has 0 radical (unpaired) electrons. The lowest BCUT2D eigenvalue weighted by atomic mass is 10.0. The molecule has 1 atom stereocenters. The monoisotopic (exact) mass is 309 g/mol. The van der Waals surface area contributed by atoms with E-state index in [1.165, 1.54) is 36.0 Å². The van der Waals surface area contributed by atoms with Crippen LogP contribution in [0.15, 0.2) is 42.5 Å². The van der Waals surface area contributed by atoms with Gasteiger partial charge in [-0.05, 0) is 60.9 Å². The van der Waals surface area contributed by atoms with Crippen LogP contribution in [0.4, 0.5) is 0 Å². The van der Waals surface area contributed by atoms with Gasteiger partial charge in [-0.25, -0.2) is 0 Å². The second kappa shape index (κ2) is 7.76. The van der Waals surface area contributed by atoms with E-state index in [2.05, 4.69) is 54.7 Å². The maximum absolute atomic E-state index is 5.57. The van der Waals surface area contributed by atoms with Gasteiger partial charge in [0.15, 0.2) is 0 Å². The molecular weight excluding hydrogens is 282 g/mol. The van der Waals surface area contributed by atoms with E-state index in [4.69, 9.17) is 4.74 Å². The summed E-state index contributed by atoms with van der Waals surface area (Å²) in [6.45, 7) is 6.62. The average molecular weight is 309 g/mol. The predicted octanol–water partition coefficient (Wildman–Crippen LogP) is 4.56. The van der Waals surface area contributed by atoms with Crippen molar-refractivity contribution >= 4 is 0 Å². The molecule has 0 saturated heterocycles. The smallest absolute Gasteiger partial charge is 0.0719 e. The third-order valence-corrected chi connectivity index (χ3v) is 4.80. The Balaban J connectivity index is 1.64. The minimum Gasteiger partial charge on any atom is -0.377 e. The molecule has 0 aromatic heterocycles. The summed E-state index contributed by atoms with van der Waals surface area (Å²) >= 11 is 0. The molecule has 23 heavy (non-hydrogen) atoms. The highest BCUT2D eigenvalue weighted by molar-refractivity contribution is 5.36. The van der Waals surface area contributed by atoms with Gasteiger partial charge in [-0.2, -0.15) is 0 Å². The third kappa shape index (κ3) is 4.01. The number of rotatable bonds is 7. The Morgan fingerprint density at radius 2 is 1.83 bits per heavy atom. The molecule has 122 valence electrons. The Morgan fingerprint density at radius 3 is 2.65 bits per heavy atom. The maximum Gasteiger partial charge on any atom is 0.0719 e. The number of nitrogens with one attached hydrogen (secondary N) is 1. The van der Waals surface area contributed by atoms with Gasteiger partial charge < -0.3 is 10.1 Å². The SMILES string of the molecule is CCOCc1ccccc1CNC(C)c1ccc2c(c1)CCC2. The second-order valence-electron chi connectivity index (χ2n) is 6.39. The Bertz CT molecular complexity index is 650. The van der Waals surface area contributed by atoms with Gasteiger partial charge in [0.25, 0.3) is 0 Å². The molecule has 1 unspecified atom stereocenters. The van der Waals surface area contributed by atoms with Crippen molar-refractivity contribution in [3.8, 4) is 0 Å². The first-order chi connectivity index (χ1) is 11.3. The first-order valence-corrected chi connectivity index (χ1v) is 8.77. The minimum atomic E-state index is 0.362. The highest BCUT2D eigenvalue weighted by Gasteiger charge is 2.13. The molecule has 2 heteroatoms. The first-order valence-electron chi connectivity index (χ1n) is 8.77. The van der Waals surface area contributed by atoms with Crippen molar-refractivity contribution in [2.75, 3.05) is 6.61 Å². The van der Waals surface area contributed by atoms with Gasteiger partial charge in [-0.3, -0.25) is 0 Å². The normalized spacial score (nSPS) is 14.7. The van der Waals surface area contributed by atoms with Gasteiger partial charge in [-0.1, -0.05) is 42.5 Å². The summed E-state index contributed by atoms with van der Waals surface area (Å²) in [5.41, 5.74) is 7.10. The predicted molar refractivity (Wildman–Crippen MR) is 95.5 cm³/mol. The second-order valence-corrected chi connectivity index (χ2v) is 6.39. The minimum absolute atomic E-state index is 0.362. The van der Waals surface area contributed by atoms with Crippen LogP contribution in [0.3, 0.4) is 0 Å². The molecule has 0 fully saturated rings. The quantitative estimate of drug-likeness (QED) is 0.809. The van der Waals surface area contributed by atoms with E-state index in [9.17, 15) is 0 Å². The Hall–Kier alpha value is -1.64. The van der Waals surface area contributed by atoms with Crippen LogP contribution in [-0.2, 0) is 30.7 Å². The number of hydrogen-bond donors (Lipinski definition) is 1. The van der Waals surface area contributed by atoms with Gasteiger partial charge in [-0.15, -0.1) is 0 Å². The van der Waals surface area contributed by atoms with Crippen LogP contribution in [-0.4, -0.2) is 6.61 Å². The molecule has 1 aliphatic carbocycles. The van der Waals surface area contributed by atoms with Crippen molar-refractivity contribution in [3.63, 3.8) is 0 Å². The van der Waals surface area contributed by atoms with E-state index in [1.807, 2.05) is 6.92 Å². The fraction of sp³-hybridized carbons (Fsp3) is 0.429. The Labute approximate surface area is 139 Å². The van der Waals surface area contributed by atoms with E-state index < -0.39 is 0 Å². The lowest BCUT2D eigenvalue weighted by Crippen LogP contribution is -2.19. The van der Waals surface area contributed by atoms with Crippen LogP contribution >= 0.6 is 0 Å². The number of fused-ring (bicyclic) bond motifs is 1. The van der Waals surface area contributed by atoms with Crippen molar-refractivity contribution in [2.45, 2.75) is 52.3 Å². The molecule has 0 heterocycles. The lowest BCUT2D eigenvalue weighted by Gasteiger charge is -2.17. The number of aryl methyl sites for hydroxylation is 2. The first kappa shape index (κ1) is 16.2. The molecule has 0 spiro atoms. The van der Waals surface area contributed by atoms with E-state index in [1.54, 1.807) is 11.1 Å². The Morgan fingerprint density at radius 1 is 1.04 bits per heavy atom. The van der Waals surface area contributed by atoms with Crippen LogP contribution in [0.25, 0.3) is 0 Å². The standard InChI is InChI=1S/C21H27NO/c1-3-23-15-21-8-5-4-7-20(21)14-22-16(2)18-12-11-17-9-6-10-19(17)13-18/h4-5,7-8,11-13,16,22H,3,6,9-10,14-15H2,1-2H3. The molecule has 1 aliphatic rings. The molecular formula is C21H27NO. The molecule has 2 aromatic rings. The summed E-state index contributed by atoms with van der Waals surface area (Å²) in [7, 11) is 0. The van der Waals surface area contributed by atoms with Gasteiger partial charge in [0.2, 0.25) is 0 Å². The zero-order valence-electron chi connectivity index (χ0n) is 14.3. The fourth-order valence-electron chi connectivity index (χ4n) is 3.32. The topological polar surface area (TPSA) is 21.3 Å². The summed E-state index contributed by atoms with van der Waals surface area (Å²) in [5.74, 6) is 0. The van der Waals surface area contributed by atoms with Crippen molar-refractivity contribution in [1.82, 2.24) is 5.32 Å². The lowest BCUT2D eigenvalue weighted by molar-refractivity contribution is 0.133. The van der Waals surface area contributed by atoms with Gasteiger partial charge in [0.1, 0.15) is 0 Å². The number of hydrogen-bond acceptors (Lipinski definition) is 2. The van der Waals surface area contributed by atoms with E-state index >= 15 is 0 Å². The summed E-state index contributed by atoms with van der Waals surface area (Å²) < 4.78 is 5.57. The molecule has 2 aromatic carbocycles. The number of benzene rings is 2. The zero-order valence-corrected chi connectivity index (χ0v) is 14.3. The summed E-state index contributed by atoms with van der Waals surface area (Å²) in [4.78, 5) is 0. The third-order valence-electron chi connectivity index (χ3n) is 4.80. The van der Waals surface area contributed by atoms with Gasteiger partial charge >= 0.3 is 0 Å². The van der Waals surface area contributed by atoms with Gasteiger partial charge in [0.05, 0.1) is 6.61 Å². The fourth-order valence-corrected chi connectivity index (χ4v) is 3.32. The van der Waals surface area contributed by atoms with Crippen molar-refractivity contribution in [1.29, 1.82) is 0 Å². The van der Waals surface area contributed by atoms with Crippen molar-refractivity contribution < 1.29 is 4.74 Å². The number of ether oxygens (including phenoxy) is 1. The highest BCUT2D eigenvalue weighted by Crippen LogP contribution is 2.25. The maximum atomic E-state index is 5.57. The molecule has 0 amide bonds. The zero-order chi connectivity index (χ0) is 16.1. The largest absolute Gasteiger partial charge is 0.377 e. The van der Waals surface area contributed by atoms with Crippen molar-refractivity contribution in [3.05, 3.63) is 70.3 Å². The van der Waals surface area contributed by atoms with Crippen LogP contribution in [0.1, 0.15) is 54.1 Å². The van der Waals surface area contributed by atoms with Crippen molar-refractivity contribution in [2.24, 2.45) is 0 Å². The van der Waals surface area contributed by atoms with E-state index in [0.717, 1.165) is 13.2 Å². The van der Waals surface area contributed by atoms with Crippen LogP contribution < -0.4 is 5.32 Å². The summed E-state index contributed by atoms with van der Waals surface area (Å²) in [6.07, 6.45) is 3.81. The van der Waals surface area contributed by atoms with Crippen LogP contribution in [0, 0.1) is 0 Å². The average Bonchev–Trinajstić information content (AvgIpc) is 3.06. The van der Waals surface area contributed by atoms with E-state index in [0.29, 0.717) is 12.6 Å². The molecule has 2 nitrogen and oxygen atoms in total. The molecule has 0 bridgehead atoms. The molecule has 1 N–H and O–H groups in total. The molecule has 0 saturated carbocycles.